The summed E-state index contributed by atoms with van der Waals surface area (Å²) >= 11 is 0. The molecule has 0 amide bonds. The summed E-state index contributed by atoms with van der Waals surface area (Å²) in [5, 5.41) is 56.6. The largest absolute Gasteiger partial charge is 0.508 e. The summed E-state index contributed by atoms with van der Waals surface area (Å²) < 4.78 is 0. The number of benzene rings is 6. The van der Waals surface area contributed by atoms with Crippen molar-refractivity contribution in [2.75, 3.05) is 0 Å². The van der Waals surface area contributed by atoms with Crippen LogP contribution < -0.4 is 0 Å². The normalized spacial score (nSPS) is 13.9. The smallest absolute Gasteiger partial charge is 0.115 e. The number of hydrogen-bond acceptors (Lipinski definition) is 6. The predicted octanol–water partition coefficient (Wildman–Crippen LogP) is 14.4. The van der Waals surface area contributed by atoms with Crippen molar-refractivity contribution in [2.24, 2.45) is 0 Å². The fourth-order valence-corrected chi connectivity index (χ4v) is 8.84. The van der Waals surface area contributed by atoms with Gasteiger partial charge in [-0.15, -0.1) is 0 Å². The van der Waals surface area contributed by atoms with Crippen LogP contribution >= 0.6 is 0 Å². The summed E-state index contributed by atoms with van der Waals surface area (Å²) in [6.45, 7) is 13.2. The minimum Gasteiger partial charge on any atom is -0.508 e. The van der Waals surface area contributed by atoms with Gasteiger partial charge in [-0.25, -0.2) is 0 Å². The maximum Gasteiger partial charge on any atom is 0.115 e. The summed E-state index contributed by atoms with van der Waals surface area (Å²) in [7, 11) is 0. The Morgan fingerprint density at radius 2 is 0.317 bits per heavy atom. The molecule has 318 valence electrons. The van der Waals surface area contributed by atoms with Crippen LogP contribution in [0.25, 0.3) is 0 Å². The van der Waals surface area contributed by atoms with Gasteiger partial charge in [0, 0.05) is 0 Å². The fourth-order valence-electron chi connectivity index (χ4n) is 8.84. The molecule has 6 aromatic carbocycles. The first-order valence-electron chi connectivity index (χ1n) is 21.7. The van der Waals surface area contributed by atoms with Gasteiger partial charge in [-0.1, -0.05) is 114 Å². The van der Waals surface area contributed by atoms with Crippen LogP contribution in [0.2, 0.25) is 0 Å². The zero-order valence-electron chi connectivity index (χ0n) is 36.2. The third-order valence-electron chi connectivity index (χ3n) is 12.0. The van der Waals surface area contributed by atoms with Crippen LogP contribution in [0.15, 0.2) is 146 Å². The minimum absolute atomic E-state index is 0.307. The summed E-state index contributed by atoms with van der Waals surface area (Å²) in [6.07, 6.45) is 6.27. The lowest BCUT2D eigenvalue weighted by Gasteiger charge is -2.26. The Morgan fingerprint density at radius 1 is 0.217 bits per heavy atom. The average molecular weight is 811 g/mol. The van der Waals surface area contributed by atoms with Crippen LogP contribution in [0.1, 0.15) is 149 Å². The minimum atomic E-state index is 0.307. The van der Waals surface area contributed by atoms with Gasteiger partial charge in [0.15, 0.2) is 0 Å². The first-order valence-corrected chi connectivity index (χ1v) is 21.7. The quantitative estimate of drug-likeness (QED) is 0.0614. The van der Waals surface area contributed by atoms with E-state index < -0.39 is 0 Å². The van der Waals surface area contributed by atoms with Crippen LogP contribution in [-0.2, 0) is 0 Å². The second kappa shape index (κ2) is 23.6. The van der Waals surface area contributed by atoms with Crippen LogP contribution in [0.5, 0.6) is 34.5 Å². The zero-order chi connectivity index (χ0) is 43.6. The standard InChI is InChI=1S/3C18H22O2/c3*1-3-17(13-5-9-15(19)10-6-13)18(4-2)14-7-11-16(20)12-8-14/h3*5-12,17-20H,3-4H2,1-2H3/t3*17-,18+. The third-order valence-corrected chi connectivity index (χ3v) is 12.0. The molecule has 0 spiro atoms. The Morgan fingerprint density at radius 3 is 0.400 bits per heavy atom. The van der Waals surface area contributed by atoms with Crippen LogP contribution in [0.4, 0.5) is 0 Å². The lowest BCUT2D eigenvalue weighted by atomic mass is 9.78. The summed E-state index contributed by atoms with van der Waals surface area (Å²) in [5.41, 5.74) is 7.53. The van der Waals surface area contributed by atoms with Gasteiger partial charge in [0.25, 0.3) is 0 Å². The van der Waals surface area contributed by atoms with Gasteiger partial charge in [0.05, 0.1) is 0 Å². The molecular formula is C54H66O6. The van der Waals surface area contributed by atoms with Crippen molar-refractivity contribution in [1.82, 2.24) is 0 Å². The lowest BCUT2D eigenvalue weighted by Crippen LogP contribution is -2.10. The monoisotopic (exact) mass is 810 g/mol. The lowest BCUT2D eigenvalue weighted by molar-refractivity contribution is 0.470. The van der Waals surface area contributed by atoms with Gasteiger partial charge < -0.3 is 30.6 Å². The van der Waals surface area contributed by atoms with E-state index in [1.54, 1.807) is 72.8 Å². The molecule has 0 aliphatic carbocycles. The Hall–Kier alpha value is -5.88. The Balaban J connectivity index is 0.000000198. The topological polar surface area (TPSA) is 121 Å². The molecule has 0 aliphatic rings. The molecule has 60 heavy (non-hydrogen) atoms. The van der Waals surface area contributed by atoms with E-state index in [4.69, 9.17) is 0 Å². The molecule has 6 aromatic rings. The highest BCUT2D eigenvalue weighted by Gasteiger charge is 2.24. The molecule has 6 rings (SSSR count). The highest BCUT2D eigenvalue weighted by Crippen LogP contribution is 2.41. The Kier molecular flexibility index (Phi) is 18.4. The van der Waals surface area contributed by atoms with E-state index in [1.165, 1.54) is 33.4 Å². The molecule has 0 aliphatic heterocycles. The first-order chi connectivity index (χ1) is 29.0. The number of hydrogen-bond donors (Lipinski definition) is 6. The number of rotatable bonds is 15. The molecule has 0 unspecified atom stereocenters. The van der Waals surface area contributed by atoms with Gasteiger partial charge in [-0.05, 0) is 180 Å². The van der Waals surface area contributed by atoms with Gasteiger partial charge in [-0.3, -0.25) is 0 Å². The van der Waals surface area contributed by atoms with Gasteiger partial charge in [0.1, 0.15) is 34.5 Å². The Bertz CT molecular complexity index is 1680. The summed E-state index contributed by atoms with van der Waals surface area (Å²) in [5.74, 6) is 4.37. The molecule has 0 heterocycles. The third kappa shape index (κ3) is 13.1. The highest BCUT2D eigenvalue weighted by molar-refractivity contribution is 5.37. The van der Waals surface area contributed by atoms with E-state index in [2.05, 4.69) is 41.5 Å². The average Bonchev–Trinajstić information content (AvgIpc) is 3.27. The maximum atomic E-state index is 9.43. The second-order valence-corrected chi connectivity index (χ2v) is 15.6. The predicted molar refractivity (Wildman–Crippen MR) is 247 cm³/mol. The van der Waals surface area contributed by atoms with Crippen molar-refractivity contribution < 1.29 is 30.6 Å². The summed E-state index contributed by atoms with van der Waals surface area (Å²) in [4.78, 5) is 0. The highest BCUT2D eigenvalue weighted by atomic mass is 16.3. The number of aromatic hydroxyl groups is 6. The van der Waals surface area contributed by atoms with Crippen molar-refractivity contribution in [3.8, 4) is 34.5 Å². The van der Waals surface area contributed by atoms with Crippen molar-refractivity contribution in [2.45, 2.75) is 116 Å². The van der Waals surface area contributed by atoms with E-state index in [0.29, 0.717) is 70.0 Å². The van der Waals surface area contributed by atoms with E-state index >= 15 is 0 Å². The molecular weight excluding hydrogens is 745 g/mol. The molecule has 6 N–H and O–H groups in total. The molecule has 0 fully saturated rings. The van der Waals surface area contributed by atoms with E-state index in [-0.39, 0.29) is 0 Å². The molecule has 6 atom stereocenters. The van der Waals surface area contributed by atoms with Gasteiger partial charge in [0.2, 0.25) is 0 Å². The fraction of sp³-hybridized carbons (Fsp3) is 0.333. The molecule has 6 heteroatoms. The summed E-state index contributed by atoms with van der Waals surface area (Å²) in [6, 6.07) is 45.1. The van der Waals surface area contributed by atoms with Gasteiger partial charge >= 0.3 is 0 Å². The van der Waals surface area contributed by atoms with Crippen LogP contribution in [0.3, 0.4) is 0 Å². The van der Waals surface area contributed by atoms with Crippen molar-refractivity contribution in [1.29, 1.82) is 0 Å². The van der Waals surface area contributed by atoms with Gasteiger partial charge in [-0.2, -0.15) is 0 Å². The zero-order valence-corrected chi connectivity index (χ0v) is 36.2. The number of phenolic OH excluding ortho intramolecular Hbond substituents is 6. The molecule has 0 saturated carbocycles. The molecule has 0 aromatic heterocycles. The number of phenols is 6. The van der Waals surface area contributed by atoms with Crippen LogP contribution in [0, 0.1) is 0 Å². The van der Waals surface area contributed by atoms with Crippen molar-refractivity contribution >= 4 is 0 Å². The first kappa shape index (κ1) is 46.8. The van der Waals surface area contributed by atoms with E-state index in [9.17, 15) is 30.6 Å². The SMILES string of the molecule is CC[C@H](c1ccc(O)cc1)[C@@H](CC)c1ccc(O)cc1.CC[C@H](c1ccc(O)cc1)[C@@H](CC)c1ccc(O)cc1.CC[C@H](c1ccc(O)cc1)[C@@H](CC)c1ccc(O)cc1. The molecule has 0 saturated heterocycles. The molecule has 0 bridgehead atoms. The maximum absolute atomic E-state index is 9.43. The van der Waals surface area contributed by atoms with Crippen molar-refractivity contribution in [3.05, 3.63) is 179 Å². The molecule has 6 nitrogen and oxygen atoms in total. The Labute approximate surface area is 358 Å². The second-order valence-electron chi connectivity index (χ2n) is 15.6. The van der Waals surface area contributed by atoms with E-state index in [0.717, 1.165) is 38.5 Å². The molecule has 0 radical (unpaired) electrons. The van der Waals surface area contributed by atoms with Crippen molar-refractivity contribution in [3.63, 3.8) is 0 Å². The van der Waals surface area contributed by atoms with Crippen LogP contribution in [-0.4, -0.2) is 30.6 Å². The van der Waals surface area contributed by atoms with E-state index in [1.807, 2.05) is 72.8 Å².